The first-order chi connectivity index (χ1) is 8.41. The SMILES string of the molecule is Cc1occc1C(O)c1cnccc1C(F)(F)F. The van der Waals surface area contributed by atoms with Crippen LogP contribution in [-0.4, -0.2) is 10.1 Å². The number of nitrogens with zero attached hydrogens (tertiary/aromatic N) is 1. The van der Waals surface area contributed by atoms with E-state index in [4.69, 9.17) is 4.42 Å². The zero-order valence-corrected chi connectivity index (χ0v) is 9.40. The molecule has 3 nitrogen and oxygen atoms in total. The predicted molar refractivity (Wildman–Crippen MR) is 56.7 cm³/mol. The van der Waals surface area contributed by atoms with Gasteiger partial charge in [0, 0.05) is 23.5 Å². The van der Waals surface area contributed by atoms with Crippen molar-refractivity contribution in [2.45, 2.75) is 19.2 Å². The lowest BCUT2D eigenvalue weighted by atomic mass is 9.99. The Hall–Kier alpha value is -1.82. The van der Waals surface area contributed by atoms with Gasteiger partial charge in [0.2, 0.25) is 0 Å². The highest BCUT2D eigenvalue weighted by molar-refractivity contribution is 5.36. The number of aryl methyl sites for hydroxylation is 1. The molecular weight excluding hydrogens is 247 g/mol. The van der Waals surface area contributed by atoms with Gasteiger partial charge >= 0.3 is 6.18 Å². The number of halogens is 3. The van der Waals surface area contributed by atoms with Crippen molar-refractivity contribution in [1.29, 1.82) is 0 Å². The Labute approximate surface area is 101 Å². The van der Waals surface area contributed by atoms with E-state index < -0.39 is 17.8 Å². The molecule has 0 radical (unpaired) electrons. The lowest BCUT2D eigenvalue weighted by Crippen LogP contribution is -2.13. The standard InChI is InChI=1S/C12H10F3NO2/c1-7-8(3-5-18-7)11(17)9-6-16-4-2-10(9)12(13,14)15/h2-6,11,17H,1H3. The van der Waals surface area contributed by atoms with Crippen LogP contribution in [0.3, 0.4) is 0 Å². The van der Waals surface area contributed by atoms with Crippen molar-refractivity contribution in [2.24, 2.45) is 0 Å². The molecule has 0 spiro atoms. The summed E-state index contributed by atoms with van der Waals surface area (Å²) < 4.78 is 43.3. The first-order valence-electron chi connectivity index (χ1n) is 5.14. The van der Waals surface area contributed by atoms with Crippen LogP contribution in [0.5, 0.6) is 0 Å². The minimum atomic E-state index is -4.53. The number of alkyl halides is 3. The summed E-state index contributed by atoms with van der Waals surface area (Å²) in [6.07, 6.45) is -2.57. The zero-order valence-electron chi connectivity index (χ0n) is 9.40. The van der Waals surface area contributed by atoms with E-state index in [0.717, 1.165) is 18.5 Å². The molecule has 2 rings (SSSR count). The van der Waals surface area contributed by atoms with E-state index in [1.165, 1.54) is 12.3 Å². The summed E-state index contributed by atoms with van der Waals surface area (Å²) in [6, 6.07) is 2.28. The van der Waals surface area contributed by atoms with Crippen molar-refractivity contribution in [3.8, 4) is 0 Å². The molecule has 96 valence electrons. The van der Waals surface area contributed by atoms with E-state index in [-0.39, 0.29) is 5.56 Å². The van der Waals surface area contributed by atoms with Gasteiger partial charge in [0.1, 0.15) is 11.9 Å². The maximum atomic E-state index is 12.8. The number of furan rings is 1. The van der Waals surface area contributed by atoms with Gasteiger partial charge in [0.25, 0.3) is 0 Å². The van der Waals surface area contributed by atoms with Crippen molar-refractivity contribution in [3.63, 3.8) is 0 Å². The lowest BCUT2D eigenvalue weighted by Gasteiger charge is -2.16. The van der Waals surface area contributed by atoms with Crippen molar-refractivity contribution in [2.75, 3.05) is 0 Å². The molecule has 6 heteroatoms. The third kappa shape index (κ3) is 2.24. The smallest absolute Gasteiger partial charge is 0.416 e. The van der Waals surface area contributed by atoms with Crippen LogP contribution in [0.15, 0.2) is 35.2 Å². The molecule has 2 heterocycles. The van der Waals surface area contributed by atoms with Crippen LogP contribution in [0, 0.1) is 6.92 Å². The summed E-state index contributed by atoms with van der Waals surface area (Å²) in [5.41, 5.74) is -0.881. The minimum absolute atomic E-state index is 0.283. The Morgan fingerprint density at radius 2 is 2.00 bits per heavy atom. The summed E-state index contributed by atoms with van der Waals surface area (Å²) in [5.74, 6) is 0.375. The van der Waals surface area contributed by atoms with Gasteiger partial charge < -0.3 is 9.52 Å². The van der Waals surface area contributed by atoms with Gasteiger partial charge in [-0.1, -0.05) is 0 Å². The fraction of sp³-hybridized carbons (Fsp3) is 0.250. The summed E-state index contributed by atoms with van der Waals surface area (Å²) in [4.78, 5) is 3.63. The van der Waals surface area contributed by atoms with E-state index in [1.807, 2.05) is 0 Å². The molecule has 0 aliphatic heterocycles. The van der Waals surface area contributed by atoms with E-state index >= 15 is 0 Å². The second-order valence-electron chi connectivity index (χ2n) is 3.80. The highest BCUT2D eigenvalue weighted by Crippen LogP contribution is 2.36. The average Bonchev–Trinajstić information content (AvgIpc) is 2.73. The number of hydrogen-bond donors (Lipinski definition) is 1. The monoisotopic (exact) mass is 257 g/mol. The van der Waals surface area contributed by atoms with Gasteiger partial charge in [-0.05, 0) is 19.1 Å². The molecule has 2 aromatic heterocycles. The fourth-order valence-corrected chi connectivity index (χ4v) is 1.73. The second-order valence-corrected chi connectivity index (χ2v) is 3.80. The second kappa shape index (κ2) is 4.45. The van der Waals surface area contributed by atoms with E-state index in [1.54, 1.807) is 6.92 Å². The summed E-state index contributed by atoms with van der Waals surface area (Å²) in [7, 11) is 0. The number of hydrogen-bond acceptors (Lipinski definition) is 3. The Morgan fingerprint density at radius 3 is 2.56 bits per heavy atom. The number of aromatic nitrogens is 1. The van der Waals surface area contributed by atoms with Crippen molar-refractivity contribution in [1.82, 2.24) is 4.98 Å². The van der Waals surface area contributed by atoms with Crippen LogP contribution in [0.4, 0.5) is 13.2 Å². The van der Waals surface area contributed by atoms with Gasteiger partial charge in [-0.25, -0.2) is 0 Å². The third-order valence-electron chi connectivity index (χ3n) is 2.65. The molecule has 1 unspecified atom stereocenters. The highest BCUT2D eigenvalue weighted by atomic mass is 19.4. The van der Waals surface area contributed by atoms with Crippen molar-refractivity contribution < 1.29 is 22.7 Å². The Kier molecular flexibility index (Phi) is 3.13. The van der Waals surface area contributed by atoms with Crippen molar-refractivity contribution in [3.05, 3.63) is 53.2 Å². The average molecular weight is 257 g/mol. The van der Waals surface area contributed by atoms with Gasteiger partial charge in [-0.2, -0.15) is 13.2 Å². The molecule has 0 aromatic carbocycles. The minimum Gasteiger partial charge on any atom is -0.469 e. The van der Waals surface area contributed by atoms with Gasteiger partial charge in [0.05, 0.1) is 11.8 Å². The quantitative estimate of drug-likeness (QED) is 0.899. The number of aliphatic hydroxyl groups is 1. The summed E-state index contributed by atoms with van der Waals surface area (Å²) in [5, 5.41) is 10.0. The first-order valence-corrected chi connectivity index (χ1v) is 5.14. The first kappa shape index (κ1) is 12.6. The Morgan fingerprint density at radius 1 is 1.28 bits per heavy atom. The molecule has 18 heavy (non-hydrogen) atoms. The molecule has 0 saturated heterocycles. The number of aliphatic hydroxyl groups excluding tert-OH is 1. The lowest BCUT2D eigenvalue weighted by molar-refractivity contribution is -0.139. The molecular formula is C12H10F3NO2. The molecule has 1 N–H and O–H groups in total. The molecule has 0 aliphatic carbocycles. The zero-order chi connectivity index (χ0) is 13.3. The van der Waals surface area contributed by atoms with Gasteiger partial charge in [-0.15, -0.1) is 0 Å². The Balaban J connectivity index is 2.49. The fourth-order valence-electron chi connectivity index (χ4n) is 1.73. The molecule has 0 aliphatic rings. The van der Waals surface area contributed by atoms with Gasteiger partial charge in [-0.3, -0.25) is 4.98 Å². The third-order valence-corrected chi connectivity index (χ3v) is 2.65. The van der Waals surface area contributed by atoms with Crippen LogP contribution in [0.25, 0.3) is 0 Å². The normalized spacial score (nSPS) is 13.6. The predicted octanol–water partition coefficient (Wildman–Crippen LogP) is 3.08. The number of rotatable bonds is 2. The maximum absolute atomic E-state index is 12.8. The molecule has 0 amide bonds. The summed E-state index contributed by atoms with van der Waals surface area (Å²) >= 11 is 0. The van der Waals surface area contributed by atoms with Crippen LogP contribution in [0.1, 0.15) is 28.6 Å². The topological polar surface area (TPSA) is 46.3 Å². The molecule has 0 bridgehead atoms. The van der Waals surface area contributed by atoms with E-state index in [9.17, 15) is 18.3 Å². The van der Waals surface area contributed by atoms with Gasteiger partial charge in [0.15, 0.2) is 0 Å². The highest BCUT2D eigenvalue weighted by Gasteiger charge is 2.35. The van der Waals surface area contributed by atoms with Crippen LogP contribution in [-0.2, 0) is 6.18 Å². The molecule has 1 atom stereocenters. The van der Waals surface area contributed by atoms with E-state index in [2.05, 4.69) is 4.98 Å². The van der Waals surface area contributed by atoms with Crippen LogP contribution < -0.4 is 0 Å². The largest absolute Gasteiger partial charge is 0.469 e. The van der Waals surface area contributed by atoms with Crippen molar-refractivity contribution >= 4 is 0 Å². The maximum Gasteiger partial charge on any atom is 0.416 e. The Bertz CT molecular complexity index is 548. The molecule has 0 saturated carbocycles. The van der Waals surface area contributed by atoms with Crippen LogP contribution >= 0.6 is 0 Å². The summed E-state index contributed by atoms with van der Waals surface area (Å²) in [6.45, 7) is 1.57. The number of pyridine rings is 1. The van der Waals surface area contributed by atoms with Crippen LogP contribution in [0.2, 0.25) is 0 Å². The molecule has 2 aromatic rings. The molecule has 0 fully saturated rings. The van der Waals surface area contributed by atoms with E-state index in [0.29, 0.717) is 11.3 Å².